The van der Waals surface area contributed by atoms with E-state index in [2.05, 4.69) is 48.8 Å². The van der Waals surface area contributed by atoms with Crippen LogP contribution in [0.2, 0.25) is 18.1 Å². The molecule has 2 N–H and O–H groups in total. The fourth-order valence-electron chi connectivity index (χ4n) is 3.35. The highest BCUT2D eigenvalue weighted by molar-refractivity contribution is 6.74. The number of hydrogen-bond acceptors (Lipinski definition) is 6. The van der Waals surface area contributed by atoms with Crippen molar-refractivity contribution in [2.75, 3.05) is 0 Å². The zero-order valence-corrected chi connectivity index (χ0v) is 19.9. The van der Waals surface area contributed by atoms with E-state index < -0.39 is 43.2 Å². The van der Waals surface area contributed by atoms with E-state index in [9.17, 15) is 18.0 Å². The standard InChI is InChI=1S/C21H31F3N4O2Si/c1-19(2,3)31(5,6)30-20(4)10-15(11-20)28-18(21(22,23)24)16(12-25)17(29)9-14-7-8-26-13-27-14/h7-8,12-13,15H,9-11,25H2,1-6H3. The van der Waals surface area contributed by atoms with Gasteiger partial charge in [0.25, 0.3) is 0 Å². The fourth-order valence-corrected chi connectivity index (χ4v) is 5.05. The molecule has 0 atom stereocenters. The summed E-state index contributed by atoms with van der Waals surface area (Å²) in [6.45, 7) is 12.5. The smallest absolute Gasteiger partial charge is 0.411 e. The van der Waals surface area contributed by atoms with Crippen LogP contribution in [0.15, 0.2) is 35.4 Å². The number of alkyl halides is 3. The van der Waals surface area contributed by atoms with E-state index in [1.54, 1.807) is 0 Å². The number of ketones is 1. The second-order valence-corrected chi connectivity index (χ2v) is 14.5. The van der Waals surface area contributed by atoms with Gasteiger partial charge in [-0.25, -0.2) is 9.97 Å². The van der Waals surface area contributed by atoms with E-state index in [1.165, 1.54) is 18.6 Å². The zero-order valence-electron chi connectivity index (χ0n) is 18.9. The second kappa shape index (κ2) is 8.82. The van der Waals surface area contributed by atoms with Gasteiger partial charge in [0.2, 0.25) is 0 Å². The van der Waals surface area contributed by atoms with Gasteiger partial charge in [-0.05, 0) is 44.0 Å². The molecule has 1 aliphatic rings. The minimum Gasteiger partial charge on any atom is -0.411 e. The molecule has 0 saturated heterocycles. The highest BCUT2D eigenvalue weighted by Crippen LogP contribution is 2.46. The number of nitrogens with two attached hydrogens (primary N) is 1. The van der Waals surface area contributed by atoms with Crippen molar-refractivity contribution >= 4 is 19.8 Å². The Bertz CT molecular complexity index is 856. The summed E-state index contributed by atoms with van der Waals surface area (Å²) in [7, 11) is -2.07. The summed E-state index contributed by atoms with van der Waals surface area (Å²) >= 11 is 0. The van der Waals surface area contributed by atoms with Gasteiger partial charge in [-0.2, -0.15) is 13.2 Å². The van der Waals surface area contributed by atoms with Gasteiger partial charge in [-0.3, -0.25) is 9.79 Å². The van der Waals surface area contributed by atoms with Crippen LogP contribution in [-0.2, 0) is 15.6 Å². The van der Waals surface area contributed by atoms with Gasteiger partial charge in [-0.15, -0.1) is 0 Å². The number of rotatable bonds is 7. The molecule has 10 heteroatoms. The van der Waals surface area contributed by atoms with Crippen LogP contribution in [0.25, 0.3) is 0 Å². The van der Waals surface area contributed by atoms with E-state index in [0.29, 0.717) is 24.7 Å². The summed E-state index contributed by atoms with van der Waals surface area (Å²) in [6.07, 6.45) is -1.09. The third kappa shape index (κ3) is 6.22. The summed E-state index contributed by atoms with van der Waals surface area (Å²) in [6, 6.07) is 0.875. The molecule has 2 rings (SSSR count). The Morgan fingerprint density at radius 1 is 1.35 bits per heavy atom. The first-order valence-corrected chi connectivity index (χ1v) is 13.0. The van der Waals surface area contributed by atoms with Crippen molar-refractivity contribution in [3.05, 3.63) is 36.1 Å². The Morgan fingerprint density at radius 3 is 2.42 bits per heavy atom. The number of hydrogen-bond donors (Lipinski definition) is 1. The van der Waals surface area contributed by atoms with Crippen LogP contribution in [0.3, 0.4) is 0 Å². The molecule has 0 radical (unpaired) electrons. The highest BCUT2D eigenvalue weighted by atomic mass is 28.4. The molecule has 1 aromatic heterocycles. The molecule has 0 amide bonds. The molecular weight excluding hydrogens is 425 g/mol. The molecule has 172 valence electrons. The van der Waals surface area contributed by atoms with Gasteiger partial charge in [0.15, 0.2) is 19.8 Å². The van der Waals surface area contributed by atoms with Gasteiger partial charge < -0.3 is 10.2 Å². The first kappa shape index (κ1) is 25.2. The maximum atomic E-state index is 13.8. The van der Waals surface area contributed by atoms with E-state index in [1.807, 2.05) is 6.92 Å². The van der Waals surface area contributed by atoms with Gasteiger partial charge >= 0.3 is 6.18 Å². The maximum absolute atomic E-state index is 13.8. The number of nitrogens with zero attached hydrogens (tertiary/aromatic N) is 3. The van der Waals surface area contributed by atoms with Gasteiger partial charge in [0, 0.05) is 12.4 Å². The normalized spacial score (nSPS) is 23.5. The number of allylic oxidation sites excluding steroid dienone is 1. The van der Waals surface area contributed by atoms with Crippen molar-refractivity contribution in [1.29, 1.82) is 0 Å². The largest absolute Gasteiger partial charge is 0.433 e. The maximum Gasteiger partial charge on any atom is 0.433 e. The lowest BCUT2D eigenvalue weighted by Crippen LogP contribution is -2.55. The molecule has 1 aliphatic carbocycles. The highest BCUT2D eigenvalue weighted by Gasteiger charge is 2.50. The summed E-state index contributed by atoms with van der Waals surface area (Å²) in [5, 5.41) is -0.00956. The van der Waals surface area contributed by atoms with Gasteiger partial charge in [0.05, 0.1) is 29.3 Å². The van der Waals surface area contributed by atoms with Crippen molar-refractivity contribution in [3.63, 3.8) is 0 Å². The molecule has 6 nitrogen and oxygen atoms in total. The molecule has 0 aromatic carbocycles. The van der Waals surface area contributed by atoms with Crippen molar-refractivity contribution in [1.82, 2.24) is 9.97 Å². The minimum absolute atomic E-state index is 0.00956. The molecule has 1 fully saturated rings. The third-order valence-electron chi connectivity index (χ3n) is 5.93. The zero-order chi connectivity index (χ0) is 23.7. The van der Waals surface area contributed by atoms with Crippen LogP contribution in [0.5, 0.6) is 0 Å². The molecule has 1 saturated carbocycles. The topological polar surface area (TPSA) is 90.5 Å². The van der Waals surface area contributed by atoms with E-state index in [4.69, 9.17) is 10.2 Å². The quantitative estimate of drug-likeness (QED) is 0.374. The number of aliphatic imine (C=N–C) groups is 1. The predicted molar refractivity (Wildman–Crippen MR) is 116 cm³/mol. The lowest BCUT2D eigenvalue weighted by atomic mass is 9.77. The minimum atomic E-state index is -4.81. The lowest BCUT2D eigenvalue weighted by molar-refractivity contribution is -0.115. The van der Waals surface area contributed by atoms with Crippen LogP contribution in [0.1, 0.15) is 46.2 Å². The van der Waals surface area contributed by atoms with Crippen LogP contribution in [0.4, 0.5) is 13.2 Å². The Balaban J connectivity index is 2.19. The first-order valence-electron chi connectivity index (χ1n) is 10.1. The number of halogens is 3. The molecule has 1 heterocycles. The molecule has 31 heavy (non-hydrogen) atoms. The third-order valence-corrected chi connectivity index (χ3v) is 10.5. The summed E-state index contributed by atoms with van der Waals surface area (Å²) in [5.74, 6) is -0.795. The average molecular weight is 457 g/mol. The van der Waals surface area contributed by atoms with E-state index in [0.717, 1.165) is 0 Å². The monoisotopic (exact) mass is 456 g/mol. The van der Waals surface area contributed by atoms with Crippen molar-refractivity contribution in [2.45, 2.75) is 82.9 Å². The van der Waals surface area contributed by atoms with Gasteiger partial charge in [0.1, 0.15) is 6.33 Å². The predicted octanol–water partition coefficient (Wildman–Crippen LogP) is 4.38. The second-order valence-electron chi connectivity index (χ2n) is 9.73. The molecule has 0 aliphatic heterocycles. The Kier molecular flexibility index (Phi) is 7.16. The average Bonchev–Trinajstić information content (AvgIpc) is 2.58. The van der Waals surface area contributed by atoms with Gasteiger partial charge in [-0.1, -0.05) is 20.8 Å². The summed E-state index contributed by atoms with van der Waals surface area (Å²) < 4.78 is 47.7. The van der Waals surface area contributed by atoms with E-state index >= 15 is 0 Å². The Labute approximate surface area is 182 Å². The first-order chi connectivity index (χ1) is 14.1. The number of carbonyl (C=O) groups excluding carboxylic acids is 1. The van der Waals surface area contributed by atoms with E-state index in [-0.39, 0.29) is 11.5 Å². The SMILES string of the molecule is CC1(O[Si](C)(C)C(C)(C)C)CC(N=C(C(=CN)C(=O)Cc2ccncn2)C(F)(F)F)C1. The molecular formula is C21H31F3N4O2Si. The molecule has 0 spiro atoms. The summed E-state index contributed by atoms with van der Waals surface area (Å²) in [5.41, 5.74) is 3.32. The molecule has 1 aromatic rings. The summed E-state index contributed by atoms with van der Waals surface area (Å²) in [4.78, 5) is 24.0. The molecule has 0 unspecified atom stereocenters. The molecule has 0 bridgehead atoms. The van der Waals surface area contributed by atoms with Crippen LogP contribution >= 0.6 is 0 Å². The van der Waals surface area contributed by atoms with Crippen LogP contribution < -0.4 is 5.73 Å². The van der Waals surface area contributed by atoms with Crippen molar-refractivity contribution < 1.29 is 22.4 Å². The van der Waals surface area contributed by atoms with Crippen molar-refractivity contribution in [3.8, 4) is 0 Å². The van der Waals surface area contributed by atoms with Crippen LogP contribution in [0, 0.1) is 0 Å². The number of carbonyl (C=O) groups is 1. The van der Waals surface area contributed by atoms with Crippen LogP contribution in [-0.4, -0.2) is 47.6 Å². The number of aromatic nitrogens is 2. The fraction of sp³-hybridized carbons (Fsp3) is 0.619. The lowest BCUT2D eigenvalue weighted by Gasteiger charge is -2.51. The number of Topliss-reactive ketones (excluding diaryl/α,β-unsaturated/α-hetero) is 1. The van der Waals surface area contributed by atoms with Crippen molar-refractivity contribution in [2.24, 2.45) is 10.7 Å². The Morgan fingerprint density at radius 2 is 1.97 bits per heavy atom. The Hall–Kier alpha value is -2.07.